The largest absolute Gasteiger partial charge is 0.497 e. The van der Waals surface area contributed by atoms with E-state index in [1.54, 1.807) is 7.11 Å². The molecule has 0 fully saturated rings. The summed E-state index contributed by atoms with van der Waals surface area (Å²) in [5.41, 5.74) is 1.44. The molecule has 2 rings (SSSR count). The molecule has 1 aromatic heterocycles. The number of alkyl halides is 1. The summed E-state index contributed by atoms with van der Waals surface area (Å²) in [6.45, 7) is 6.74. The standard InChI is InChI=1S/C16H19BrOS/c1-16(2,3)14-9-8-13(19-14)15(17)11-6-5-7-12(10-11)18-4/h5-10,15H,1-4H3. The molecule has 102 valence electrons. The van der Waals surface area contributed by atoms with E-state index in [1.807, 2.05) is 23.5 Å². The molecule has 0 aliphatic rings. The van der Waals surface area contributed by atoms with Crippen LogP contribution in [0.1, 0.15) is 40.9 Å². The average molecular weight is 339 g/mol. The third kappa shape index (κ3) is 3.40. The van der Waals surface area contributed by atoms with Gasteiger partial charge < -0.3 is 4.74 Å². The van der Waals surface area contributed by atoms with E-state index >= 15 is 0 Å². The summed E-state index contributed by atoms with van der Waals surface area (Å²) in [5.74, 6) is 0.898. The lowest BCUT2D eigenvalue weighted by molar-refractivity contribution is 0.414. The molecule has 1 unspecified atom stereocenters. The van der Waals surface area contributed by atoms with Crippen molar-refractivity contribution in [2.24, 2.45) is 0 Å². The summed E-state index contributed by atoms with van der Waals surface area (Å²) in [5, 5.41) is 0. The molecule has 0 N–H and O–H groups in total. The van der Waals surface area contributed by atoms with Crippen LogP contribution in [0.2, 0.25) is 0 Å². The molecule has 0 bridgehead atoms. The number of benzene rings is 1. The number of hydrogen-bond donors (Lipinski definition) is 0. The summed E-state index contributed by atoms with van der Waals surface area (Å²) in [6.07, 6.45) is 0. The van der Waals surface area contributed by atoms with Gasteiger partial charge >= 0.3 is 0 Å². The lowest BCUT2D eigenvalue weighted by Gasteiger charge is -2.15. The van der Waals surface area contributed by atoms with E-state index in [0.717, 1.165) is 5.75 Å². The van der Waals surface area contributed by atoms with Gasteiger partial charge in [0.15, 0.2) is 0 Å². The molecular formula is C16H19BrOS. The third-order valence-corrected chi connectivity index (χ3v) is 5.90. The highest BCUT2D eigenvalue weighted by Crippen LogP contribution is 2.39. The van der Waals surface area contributed by atoms with Gasteiger partial charge in [-0.3, -0.25) is 0 Å². The normalized spacial score (nSPS) is 13.3. The first kappa shape index (κ1) is 14.6. The van der Waals surface area contributed by atoms with Crippen LogP contribution in [-0.4, -0.2) is 7.11 Å². The van der Waals surface area contributed by atoms with Crippen molar-refractivity contribution in [3.05, 3.63) is 51.7 Å². The second-order valence-corrected chi connectivity index (χ2v) is 7.62. The summed E-state index contributed by atoms with van der Waals surface area (Å²) >= 11 is 5.66. The van der Waals surface area contributed by atoms with Crippen molar-refractivity contribution in [1.82, 2.24) is 0 Å². The zero-order valence-corrected chi connectivity index (χ0v) is 14.1. The molecule has 0 aliphatic carbocycles. The van der Waals surface area contributed by atoms with E-state index in [4.69, 9.17) is 4.74 Å². The third-order valence-electron chi connectivity index (χ3n) is 3.00. The van der Waals surface area contributed by atoms with Gasteiger partial charge in [0, 0.05) is 9.75 Å². The monoisotopic (exact) mass is 338 g/mol. The van der Waals surface area contributed by atoms with Crippen molar-refractivity contribution < 1.29 is 4.74 Å². The highest BCUT2D eigenvalue weighted by molar-refractivity contribution is 9.09. The Hall–Kier alpha value is -0.800. The highest BCUT2D eigenvalue weighted by atomic mass is 79.9. The van der Waals surface area contributed by atoms with Crippen LogP contribution in [-0.2, 0) is 5.41 Å². The molecule has 0 radical (unpaired) electrons. The Labute approximate surface area is 127 Å². The van der Waals surface area contributed by atoms with Crippen LogP contribution in [0, 0.1) is 0 Å². The molecule has 1 aromatic carbocycles. The maximum Gasteiger partial charge on any atom is 0.119 e. The predicted molar refractivity (Wildman–Crippen MR) is 86.8 cm³/mol. The molecule has 0 aliphatic heterocycles. The van der Waals surface area contributed by atoms with E-state index in [-0.39, 0.29) is 10.2 Å². The van der Waals surface area contributed by atoms with Gasteiger partial charge in [-0.2, -0.15) is 0 Å². The Morgan fingerprint density at radius 1 is 1.16 bits per heavy atom. The van der Waals surface area contributed by atoms with Gasteiger partial charge in [0.05, 0.1) is 11.9 Å². The lowest BCUT2D eigenvalue weighted by Crippen LogP contribution is -2.07. The quantitative estimate of drug-likeness (QED) is 0.667. The van der Waals surface area contributed by atoms with Gasteiger partial charge in [-0.1, -0.05) is 48.8 Å². The van der Waals surface area contributed by atoms with Crippen LogP contribution in [0.25, 0.3) is 0 Å². The van der Waals surface area contributed by atoms with Gasteiger partial charge in [-0.05, 0) is 35.2 Å². The topological polar surface area (TPSA) is 9.23 Å². The minimum atomic E-state index is 0.212. The van der Waals surface area contributed by atoms with Gasteiger partial charge in [0.1, 0.15) is 5.75 Å². The van der Waals surface area contributed by atoms with E-state index in [9.17, 15) is 0 Å². The first-order valence-electron chi connectivity index (χ1n) is 6.30. The molecule has 1 heterocycles. The van der Waals surface area contributed by atoms with Crippen LogP contribution in [0.3, 0.4) is 0 Å². The molecule has 2 aromatic rings. The van der Waals surface area contributed by atoms with E-state index < -0.39 is 0 Å². The fourth-order valence-corrected chi connectivity index (χ4v) is 3.65. The van der Waals surface area contributed by atoms with Crippen LogP contribution in [0.4, 0.5) is 0 Å². The SMILES string of the molecule is COc1cccc(C(Br)c2ccc(C(C)(C)C)s2)c1. The maximum atomic E-state index is 5.28. The van der Waals surface area contributed by atoms with Crippen molar-refractivity contribution in [1.29, 1.82) is 0 Å². The van der Waals surface area contributed by atoms with Crippen LogP contribution in [0.5, 0.6) is 5.75 Å². The second-order valence-electron chi connectivity index (χ2n) is 5.59. The average Bonchev–Trinajstić information content (AvgIpc) is 2.87. The Morgan fingerprint density at radius 3 is 2.47 bits per heavy atom. The number of hydrogen-bond acceptors (Lipinski definition) is 2. The van der Waals surface area contributed by atoms with Gasteiger partial charge in [-0.15, -0.1) is 11.3 Å². The minimum Gasteiger partial charge on any atom is -0.497 e. The molecule has 3 heteroatoms. The fraction of sp³-hybridized carbons (Fsp3) is 0.375. The highest BCUT2D eigenvalue weighted by Gasteiger charge is 2.19. The second kappa shape index (κ2) is 5.68. The summed E-state index contributed by atoms with van der Waals surface area (Å²) in [4.78, 5) is 2.97. The molecule has 0 spiro atoms. The number of thiophene rings is 1. The van der Waals surface area contributed by atoms with Crippen molar-refractivity contribution in [2.75, 3.05) is 7.11 Å². The molecule has 0 saturated carbocycles. The van der Waals surface area contributed by atoms with Gasteiger partial charge in [0.2, 0.25) is 0 Å². The zero-order chi connectivity index (χ0) is 14.0. The van der Waals surface area contributed by atoms with E-state index in [1.165, 1.54) is 15.3 Å². The van der Waals surface area contributed by atoms with Crippen LogP contribution >= 0.6 is 27.3 Å². The first-order chi connectivity index (χ1) is 8.91. The Kier molecular flexibility index (Phi) is 4.36. The molecule has 1 atom stereocenters. The molecule has 0 saturated heterocycles. The van der Waals surface area contributed by atoms with E-state index in [0.29, 0.717) is 0 Å². The minimum absolute atomic E-state index is 0.212. The number of ether oxygens (including phenoxy) is 1. The summed E-state index contributed by atoms with van der Waals surface area (Å²) < 4.78 is 5.28. The lowest BCUT2D eigenvalue weighted by atomic mass is 9.95. The first-order valence-corrected chi connectivity index (χ1v) is 8.03. The number of rotatable bonds is 3. The number of halogens is 1. The maximum absolute atomic E-state index is 5.28. The van der Waals surface area contributed by atoms with Crippen molar-refractivity contribution in [3.8, 4) is 5.75 Å². The van der Waals surface area contributed by atoms with Crippen LogP contribution in [0.15, 0.2) is 36.4 Å². The van der Waals surface area contributed by atoms with Crippen molar-refractivity contribution in [3.63, 3.8) is 0 Å². The predicted octanol–water partition coefficient (Wildman–Crippen LogP) is 5.54. The summed E-state index contributed by atoms with van der Waals surface area (Å²) in [6, 6.07) is 12.6. The molecule has 0 amide bonds. The molecular weight excluding hydrogens is 320 g/mol. The van der Waals surface area contributed by atoms with Crippen molar-refractivity contribution >= 4 is 27.3 Å². The molecule has 1 nitrogen and oxygen atoms in total. The summed E-state index contributed by atoms with van der Waals surface area (Å²) in [7, 11) is 1.70. The van der Waals surface area contributed by atoms with Gasteiger partial charge in [0.25, 0.3) is 0 Å². The fourth-order valence-electron chi connectivity index (χ4n) is 1.86. The van der Waals surface area contributed by atoms with Crippen LogP contribution < -0.4 is 4.74 Å². The Balaban J connectivity index is 2.28. The van der Waals surface area contributed by atoms with Gasteiger partial charge in [-0.25, -0.2) is 0 Å². The van der Waals surface area contributed by atoms with E-state index in [2.05, 4.69) is 61.0 Å². The Bertz CT molecular complexity index is 554. The zero-order valence-electron chi connectivity index (χ0n) is 11.7. The number of methoxy groups -OCH3 is 1. The Morgan fingerprint density at radius 2 is 1.89 bits per heavy atom. The molecule has 19 heavy (non-hydrogen) atoms. The van der Waals surface area contributed by atoms with Crippen molar-refractivity contribution in [2.45, 2.75) is 31.0 Å². The smallest absolute Gasteiger partial charge is 0.119 e.